The van der Waals surface area contributed by atoms with E-state index in [1.807, 2.05) is 0 Å². The average Bonchev–Trinajstić information content (AvgIpc) is 3.00. The van der Waals surface area contributed by atoms with Crippen LogP contribution < -0.4 is 10.1 Å². The average molecular weight is 383 g/mol. The van der Waals surface area contributed by atoms with Crippen molar-refractivity contribution in [3.05, 3.63) is 52.6 Å². The zero-order valence-electron chi connectivity index (χ0n) is 14.4. The first kappa shape index (κ1) is 18.5. The van der Waals surface area contributed by atoms with Gasteiger partial charge < -0.3 is 20.1 Å². The maximum atomic E-state index is 11.9. The van der Waals surface area contributed by atoms with Crippen LogP contribution in [0.3, 0.4) is 0 Å². The molecule has 0 bridgehead atoms. The van der Waals surface area contributed by atoms with Crippen molar-refractivity contribution < 1.29 is 24.4 Å². The number of rotatable bonds is 4. The van der Waals surface area contributed by atoms with Gasteiger partial charge in [0.1, 0.15) is 5.75 Å². The summed E-state index contributed by atoms with van der Waals surface area (Å²) in [5, 5.41) is 30.2. The van der Waals surface area contributed by atoms with Crippen LogP contribution >= 0.6 is 0 Å². The van der Waals surface area contributed by atoms with Gasteiger partial charge in [0.25, 0.3) is 5.69 Å². The van der Waals surface area contributed by atoms with Gasteiger partial charge in [0, 0.05) is 23.2 Å². The van der Waals surface area contributed by atoms with Crippen LogP contribution in [0.15, 0.2) is 52.7 Å². The summed E-state index contributed by atoms with van der Waals surface area (Å²) in [6.07, 6.45) is 0. The van der Waals surface area contributed by atoms with Crippen molar-refractivity contribution in [1.82, 2.24) is 4.98 Å². The third-order valence-corrected chi connectivity index (χ3v) is 3.73. The van der Waals surface area contributed by atoms with Gasteiger partial charge in [-0.25, -0.2) is 0 Å². The standard InChI is InChI=1S/C17H13N5O6/c1-28-11-5-2-9(3-6-11)18-16(24)17(25)21-20-14-12-8-10(22(26)27)4-7-13(12)19-15(14)23/h2-8,19,23H,1H3,(H,18,24). The second kappa shape index (κ2) is 7.53. The number of methoxy groups -OCH3 is 1. The number of carbonyl (C=O) groups is 2. The molecule has 0 aliphatic heterocycles. The van der Waals surface area contributed by atoms with Gasteiger partial charge in [0.05, 0.1) is 17.5 Å². The van der Waals surface area contributed by atoms with E-state index in [0.29, 0.717) is 17.0 Å². The van der Waals surface area contributed by atoms with E-state index in [-0.39, 0.29) is 16.8 Å². The summed E-state index contributed by atoms with van der Waals surface area (Å²) in [6, 6.07) is 10.0. The number of azo groups is 1. The zero-order valence-corrected chi connectivity index (χ0v) is 14.4. The lowest BCUT2D eigenvalue weighted by molar-refractivity contribution is -0.384. The molecule has 0 aliphatic carbocycles. The van der Waals surface area contributed by atoms with Gasteiger partial charge >= 0.3 is 11.8 Å². The molecule has 0 spiro atoms. The number of ether oxygens (including phenoxy) is 1. The number of aromatic amines is 1. The lowest BCUT2D eigenvalue weighted by atomic mass is 10.2. The van der Waals surface area contributed by atoms with Crippen LogP contribution in [0.2, 0.25) is 0 Å². The number of nitro benzene ring substituents is 1. The van der Waals surface area contributed by atoms with Crippen molar-refractivity contribution in [2.45, 2.75) is 0 Å². The molecule has 11 heteroatoms. The molecule has 0 aliphatic rings. The Morgan fingerprint density at radius 2 is 1.93 bits per heavy atom. The second-order valence-corrected chi connectivity index (χ2v) is 5.50. The first-order valence-electron chi connectivity index (χ1n) is 7.79. The van der Waals surface area contributed by atoms with Gasteiger partial charge in [0.15, 0.2) is 5.69 Å². The fourth-order valence-electron chi connectivity index (χ4n) is 2.37. The summed E-state index contributed by atoms with van der Waals surface area (Å²) in [6.45, 7) is 0. The predicted molar refractivity (Wildman–Crippen MR) is 97.8 cm³/mol. The van der Waals surface area contributed by atoms with Crippen LogP contribution in [-0.2, 0) is 9.59 Å². The van der Waals surface area contributed by atoms with E-state index in [1.54, 1.807) is 12.1 Å². The molecule has 2 aromatic carbocycles. The highest BCUT2D eigenvalue weighted by Crippen LogP contribution is 2.37. The number of non-ortho nitro benzene ring substituents is 1. The minimum Gasteiger partial charge on any atom is -0.497 e. The third-order valence-electron chi connectivity index (χ3n) is 3.73. The predicted octanol–water partition coefficient (Wildman–Crippen LogP) is 3.04. The number of hydrogen-bond acceptors (Lipinski definition) is 7. The van der Waals surface area contributed by atoms with E-state index >= 15 is 0 Å². The van der Waals surface area contributed by atoms with E-state index in [1.165, 1.54) is 37.4 Å². The first-order valence-corrected chi connectivity index (χ1v) is 7.79. The zero-order chi connectivity index (χ0) is 20.3. The van der Waals surface area contributed by atoms with Crippen molar-refractivity contribution >= 4 is 39.8 Å². The molecule has 0 saturated heterocycles. The summed E-state index contributed by atoms with van der Waals surface area (Å²) in [5.74, 6) is -2.12. The van der Waals surface area contributed by atoms with E-state index < -0.39 is 22.6 Å². The molecule has 2 amide bonds. The molecule has 0 atom stereocenters. The number of amides is 2. The number of nitrogens with zero attached hydrogens (tertiary/aromatic N) is 3. The van der Waals surface area contributed by atoms with E-state index in [0.717, 1.165) is 0 Å². The van der Waals surface area contributed by atoms with Crippen molar-refractivity contribution in [3.63, 3.8) is 0 Å². The Balaban J connectivity index is 1.79. The number of hydrogen-bond donors (Lipinski definition) is 3. The normalized spacial score (nSPS) is 10.9. The Bertz CT molecular complexity index is 1100. The first-order chi connectivity index (χ1) is 13.4. The molecule has 0 unspecified atom stereocenters. The maximum Gasteiger partial charge on any atom is 0.353 e. The molecule has 142 valence electrons. The minimum atomic E-state index is -1.21. The summed E-state index contributed by atoms with van der Waals surface area (Å²) >= 11 is 0. The highest BCUT2D eigenvalue weighted by molar-refractivity contribution is 6.40. The van der Waals surface area contributed by atoms with Crippen LogP contribution in [0, 0.1) is 10.1 Å². The van der Waals surface area contributed by atoms with E-state index in [4.69, 9.17) is 4.74 Å². The summed E-state index contributed by atoms with van der Waals surface area (Å²) < 4.78 is 4.99. The van der Waals surface area contributed by atoms with Crippen LogP contribution in [-0.4, -0.2) is 33.9 Å². The smallest absolute Gasteiger partial charge is 0.353 e. The Hall–Kier alpha value is -4.28. The SMILES string of the molecule is COc1ccc(NC(=O)C(=O)N=Nc2c(O)[nH]c3ccc([N+](=O)[O-])cc23)cc1. The summed E-state index contributed by atoms with van der Waals surface area (Å²) in [5.41, 5.74) is 0.280. The fraction of sp³-hybridized carbons (Fsp3) is 0.0588. The molecular formula is C17H13N5O6. The molecule has 0 radical (unpaired) electrons. The maximum absolute atomic E-state index is 11.9. The Labute approximate surface area is 156 Å². The topological polar surface area (TPSA) is 159 Å². The largest absolute Gasteiger partial charge is 0.497 e. The quantitative estimate of drug-likeness (QED) is 0.272. The molecule has 3 rings (SSSR count). The second-order valence-electron chi connectivity index (χ2n) is 5.50. The minimum absolute atomic E-state index is 0.179. The van der Waals surface area contributed by atoms with Gasteiger partial charge in [-0.05, 0) is 30.3 Å². The number of benzene rings is 2. The summed E-state index contributed by atoms with van der Waals surface area (Å²) in [4.78, 5) is 36.6. The molecular weight excluding hydrogens is 370 g/mol. The number of fused-ring (bicyclic) bond motifs is 1. The van der Waals surface area contributed by atoms with Crippen LogP contribution in [0.4, 0.5) is 17.1 Å². The van der Waals surface area contributed by atoms with E-state index in [9.17, 15) is 24.8 Å². The van der Waals surface area contributed by atoms with Crippen molar-refractivity contribution in [2.24, 2.45) is 10.2 Å². The number of carbonyl (C=O) groups excluding carboxylic acids is 2. The van der Waals surface area contributed by atoms with Crippen molar-refractivity contribution in [3.8, 4) is 11.6 Å². The molecule has 0 saturated carbocycles. The van der Waals surface area contributed by atoms with Crippen molar-refractivity contribution in [2.75, 3.05) is 12.4 Å². The number of H-pyrrole nitrogens is 1. The lowest BCUT2D eigenvalue weighted by Gasteiger charge is -2.03. The van der Waals surface area contributed by atoms with Gasteiger partial charge in [-0.3, -0.25) is 19.7 Å². The van der Waals surface area contributed by atoms with Gasteiger partial charge in [-0.1, -0.05) is 0 Å². The van der Waals surface area contributed by atoms with Gasteiger partial charge in [0.2, 0.25) is 5.88 Å². The molecule has 0 fully saturated rings. The van der Waals surface area contributed by atoms with Crippen LogP contribution in [0.5, 0.6) is 11.6 Å². The number of aromatic nitrogens is 1. The number of anilines is 1. The molecule has 1 heterocycles. The molecule has 3 aromatic rings. The Morgan fingerprint density at radius 1 is 1.21 bits per heavy atom. The fourth-order valence-corrected chi connectivity index (χ4v) is 2.37. The van der Waals surface area contributed by atoms with Crippen LogP contribution in [0.1, 0.15) is 0 Å². The molecule has 11 nitrogen and oxygen atoms in total. The number of nitrogens with one attached hydrogen (secondary N) is 2. The van der Waals surface area contributed by atoms with Crippen molar-refractivity contribution in [1.29, 1.82) is 0 Å². The monoisotopic (exact) mass is 383 g/mol. The molecule has 1 aromatic heterocycles. The van der Waals surface area contributed by atoms with Gasteiger partial charge in [-0.15, -0.1) is 10.2 Å². The third kappa shape index (κ3) is 3.77. The lowest BCUT2D eigenvalue weighted by Crippen LogP contribution is -2.20. The van der Waals surface area contributed by atoms with Crippen LogP contribution in [0.25, 0.3) is 10.9 Å². The van der Waals surface area contributed by atoms with Gasteiger partial charge in [-0.2, -0.15) is 0 Å². The Kier molecular flexibility index (Phi) is 4.98. The summed E-state index contributed by atoms with van der Waals surface area (Å²) in [7, 11) is 1.49. The highest BCUT2D eigenvalue weighted by Gasteiger charge is 2.17. The molecule has 28 heavy (non-hydrogen) atoms. The number of aromatic hydroxyl groups is 1. The van der Waals surface area contributed by atoms with E-state index in [2.05, 4.69) is 20.5 Å². The highest BCUT2D eigenvalue weighted by atomic mass is 16.6. The number of nitro groups is 1. The Morgan fingerprint density at radius 3 is 2.57 bits per heavy atom. The molecule has 3 N–H and O–H groups in total.